The topological polar surface area (TPSA) is 61.7 Å². The molecule has 0 bridgehead atoms. The van der Waals surface area contributed by atoms with Gasteiger partial charge in [-0.15, -0.1) is 0 Å². The van der Waals surface area contributed by atoms with Gasteiger partial charge in [0.05, 0.1) is 6.10 Å². The zero-order valence-corrected chi connectivity index (χ0v) is 14.9. The maximum atomic E-state index is 12.5. The number of carbonyl (C=O) groups excluding carboxylic acids is 1. The second kappa shape index (κ2) is 4.84. The van der Waals surface area contributed by atoms with E-state index < -0.39 is 0 Å². The van der Waals surface area contributed by atoms with Gasteiger partial charge in [0.15, 0.2) is 5.78 Å². The number of hydrazone groups is 1. The largest absolute Gasteiger partial charge is 0.393 e. The van der Waals surface area contributed by atoms with E-state index in [0.29, 0.717) is 35.9 Å². The first-order chi connectivity index (χ1) is 11.5. The first kappa shape index (κ1) is 15.4. The van der Waals surface area contributed by atoms with Crippen molar-refractivity contribution >= 4 is 11.5 Å². The van der Waals surface area contributed by atoms with Crippen molar-refractivity contribution in [3.05, 3.63) is 0 Å². The fraction of sp³-hybridized carbons (Fsp3) is 0.900. The molecule has 4 saturated carbocycles. The summed E-state index contributed by atoms with van der Waals surface area (Å²) in [5, 5.41) is 15.0. The number of ketones is 1. The molecule has 4 heteroatoms. The lowest BCUT2D eigenvalue weighted by molar-refractivity contribution is -0.137. The average Bonchev–Trinajstić information content (AvgIpc) is 3.16. The van der Waals surface area contributed by atoms with Gasteiger partial charge in [0, 0.05) is 18.9 Å². The third kappa shape index (κ3) is 1.69. The van der Waals surface area contributed by atoms with Crippen LogP contribution in [0.15, 0.2) is 5.10 Å². The summed E-state index contributed by atoms with van der Waals surface area (Å²) in [6, 6.07) is 0. The van der Waals surface area contributed by atoms with E-state index in [1.54, 1.807) is 0 Å². The van der Waals surface area contributed by atoms with Crippen molar-refractivity contribution in [2.75, 3.05) is 6.54 Å². The number of Topliss-reactive ketones (excluding diaryl/α,β-unsaturated/α-hetero) is 1. The molecule has 0 unspecified atom stereocenters. The van der Waals surface area contributed by atoms with E-state index in [2.05, 4.69) is 24.4 Å². The summed E-state index contributed by atoms with van der Waals surface area (Å²) >= 11 is 0. The molecule has 0 aromatic rings. The summed E-state index contributed by atoms with van der Waals surface area (Å²) in [5.41, 5.74) is 4.33. The summed E-state index contributed by atoms with van der Waals surface area (Å²) in [6.07, 6.45) is 7.62. The highest BCUT2D eigenvalue weighted by molar-refractivity contribution is 6.41. The van der Waals surface area contributed by atoms with E-state index in [9.17, 15) is 9.90 Å². The number of nitrogens with one attached hydrogen (secondary N) is 1. The molecule has 0 spiro atoms. The number of aliphatic hydroxyl groups excluding tert-OH is 1. The Morgan fingerprint density at radius 2 is 1.96 bits per heavy atom. The van der Waals surface area contributed by atoms with Crippen LogP contribution in [-0.2, 0) is 4.79 Å². The molecule has 0 aromatic heterocycles. The molecule has 132 valence electrons. The molecule has 0 aromatic carbocycles. The minimum atomic E-state index is -0.104. The van der Waals surface area contributed by atoms with Crippen LogP contribution in [0, 0.1) is 40.4 Å². The van der Waals surface area contributed by atoms with E-state index in [1.807, 2.05) is 0 Å². The average molecular weight is 330 g/mol. The molecule has 4 aliphatic carbocycles. The van der Waals surface area contributed by atoms with Crippen LogP contribution >= 0.6 is 0 Å². The summed E-state index contributed by atoms with van der Waals surface area (Å²) in [4.78, 5) is 12.5. The Bertz CT molecular complexity index is 617. The van der Waals surface area contributed by atoms with Crippen molar-refractivity contribution in [3.8, 4) is 0 Å². The number of fused-ring (bicyclic) bond motifs is 7. The molecule has 4 nitrogen and oxygen atoms in total. The predicted octanol–water partition coefficient (Wildman–Crippen LogP) is 2.75. The lowest BCUT2D eigenvalue weighted by atomic mass is 9.42. The first-order valence-electron chi connectivity index (χ1n) is 9.98. The fourth-order valence-corrected chi connectivity index (χ4v) is 7.80. The molecule has 24 heavy (non-hydrogen) atoms. The van der Waals surface area contributed by atoms with Crippen molar-refractivity contribution in [1.82, 2.24) is 5.43 Å². The highest BCUT2D eigenvalue weighted by Crippen LogP contribution is 2.66. The van der Waals surface area contributed by atoms with Crippen LogP contribution in [0.1, 0.15) is 58.8 Å². The fourth-order valence-electron chi connectivity index (χ4n) is 7.80. The molecular formula is C20H30N2O2. The number of hydrogen-bond acceptors (Lipinski definition) is 4. The lowest BCUT2D eigenvalue weighted by Gasteiger charge is -2.61. The molecule has 0 saturated heterocycles. The quantitative estimate of drug-likeness (QED) is 0.718. The standard InChI is InChI=1S/C20H30N2O2/c1-19-8-7-14-12(13(19)5-6-17(19)24)4-3-11-9-16(23)18-15(10-21-22-18)20(11,14)2/h11-15,17,21,24H,3-10H2,1-2H3/t11-,12-,13-,14-,15-,17-,19-,20-/m0/s1. The first-order valence-corrected chi connectivity index (χ1v) is 9.98. The van der Waals surface area contributed by atoms with Gasteiger partial charge in [-0.05, 0) is 73.0 Å². The van der Waals surface area contributed by atoms with E-state index in [1.165, 1.54) is 25.7 Å². The summed E-state index contributed by atoms with van der Waals surface area (Å²) in [6.45, 7) is 5.67. The number of rotatable bonds is 0. The van der Waals surface area contributed by atoms with Gasteiger partial charge in [0.25, 0.3) is 0 Å². The number of nitrogens with zero attached hydrogens (tertiary/aromatic N) is 1. The molecular weight excluding hydrogens is 300 g/mol. The van der Waals surface area contributed by atoms with Crippen molar-refractivity contribution in [2.45, 2.75) is 64.9 Å². The van der Waals surface area contributed by atoms with Crippen molar-refractivity contribution in [3.63, 3.8) is 0 Å². The van der Waals surface area contributed by atoms with E-state index in [-0.39, 0.29) is 16.9 Å². The second-order valence-corrected chi connectivity index (χ2v) is 9.69. The van der Waals surface area contributed by atoms with Gasteiger partial charge >= 0.3 is 0 Å². The predicted molar refractivity (Wildman–Crippen MR) is 92.4 cm³/mol. The van der Waals surface area contributed by atoms with Gasteiger partial charge < -0.3 is 10.5 Å². The van der Waals surface area contributed by atoms with Crippen molar-refractivity contribution < 1.29 is 9.90 Å². The van der Waals surface area contributed by atoms with Crippen LogP contribution in [0.3, 0.4) is 0 Å². The normalized spacial score (nSPS) is 55.8. The second-order valence-electron chi connectivity index (χ2n) is 9.69. The molecule has 8 atom stereocenters. The van der Waals surface area contributed by atoms with E-state index >= 15 is 0 Å². The maximum absolute atomic E-state index is 12.5. The summed E-state index contributed by atoms with van der Waals surface area (Å²) in [5.74, 6) is 3.25. The van der Waals surface area contributed by atoms with Crippen LogP contribution in [0.5, 0.6) is 0 Å². The third-order valence-electron chi connectivity index (χ3n) is 9.21. The highest BCUT2D eigenvalue weighted by Gasteiger charge is 2.63. The molecule has 5 aliphatic rings. The summed E-state index contributed by atoms with van der Waals surface area (Å²) in [7, 11) is 0. The minimum Gasteiger partial charge on any atom is -0.393 e. The Hall–Kier alpha value is -0.900. The number of aliphatic hydroxyl groups is 1. The van der Waals surface area contributed by atoms with E-state index in [4.69, 9.17) is 0 Å². The Labute approximate surface area is 144 Å². The maximum Gasteiger partial charge on any atom is 0.179 e. The van der Waals surface area contributed by atoms with Crippen LogP contribution in [0.2, 0.25) is 0 Å². The van der Waals surface area contributed by atoms with Gasteiger partial charge in [0.1, 0.15) is 5.71 Å². The monoisotopic (exact) mass is 330 g/mol. The van der Waals surface area contributed by atoms with Crippen LogP contribution in [-0.4, -0.2) is 29.3 Å². The molecule has 5 rings (SSSR count). The van der Waals surface area contributed by atoms with Gasteiger partial charge in [0.2, 0.25) is 0 Å². The molecule has 0 amide bonds. The van der Waals surface area contributed by atoms with Gasteiger partial charge in [-0.3, -0.25) is 4.79 Å². The van der Waals surface area contributed by atoms with Gasteiger partial charge in [-0.25, -0.2) is 0 Å². The Balaban J connectivity index is 1.53. The number of hydrogen-bond donors (Lipinski definition) is 2. The molecule has 1 heterocycles. The molecule has 1 aliphatic heterocycles. The number of carbonyl (C=O) groups is 1. The molecule has 4 fully saturated rings. The van der Waals surface area contributed by atoms with E-state index in [0.717, 1.165) is 31.0 Å². The van der Waals surface area contributed by atoms with Crippen LogP contribution in [0.25, 0.3) is 0 Å². The smallest absolute Gasteiger partial charge is 0.179 e. The van der Waals surface area contributed by atoms with Gasteiger partial charge in [-0.1, -0.05) is 13.8 Å². The SMILES string of the molecule is C[C@]12CC[C@H]3[C@@H](CC[C@H]4CC(=O)C5=NNC[C@@H]5[C@@]43C)[C@@H]1CC[C@@H]2O. The molecule has 2 N–H and O–H groups in total. The zero-order valence-electron chi connectivity index (χ0n) is 14.9. The Morgan fingerprint density at radius 1 is 1.12 bits per heavy atom. The third-order valence-corrected chi connectivity index (χ3v) is 9.21. The van der Waals surface area contributed by atoms with Crippen molar-refractivity contribution in [2.24, 2.45) is 45.5 Å². The highest BCUT2D eigenvalue weighted by atomic mass is 16.3. The Morgan fingerprint density at radius 3 is 2.79 bits per heavy atom. The lowest BCUT2D eigenvalue weighted by Crippen LogP contribution is -2.59. The van der Waals surface area contributed by atoms with Gasteiger partial charge in [-0.2, -0.15) is 5.10 Å². The summed E-state index contributed by atoms with van der Waals surface area (Å²) < 4.78 is 0. The minimum absolute atomic E-state index is 0.104. The Kier molecular flexibility index (Phi) is 3.10. The van der Waals surface area contributed by atoms with Crippen molar-refractivity contribution in [1.29, 1.82) is 0 Å². The van der Waals surface area contributed by atoms with Crippen LogP contribution in [0.4, 0.5) is 0 Å². The molecule has 0 radical (unpaired) electrons. The van der Waals surface area contributed by atoms with Crippen LogP contribution < -0.4 is 5.43 Å². The zero-order chi connectivity index (χ0) is 16.7.